The molecule has 106 valence electrons. The van der Waals surface area contributed by atoms with Gasteiger partial charge in [-0.05, 0) is 32.0 Å². The van der Waals surface area contributed by atoms with Gasteiger partial charge < -0.3 is 9.80 Å². The van der Waals surface area contributed by atoms with Crippen LogP contribution in [-0.4, -0.2) is 36.7 Å². The minimum atomic E-state index is -0.246. The highest BCUT2D eigenvalue weighted by atomic mass is 79.9. The molecule has 1 aliphatic heterocycles. The van der Waals surface area contributed by atoms with Crippen LogP contribution in [0.1, 0.15) is 24.2 Å². The second kappa shape index (κ2) is 5.40. The number of nitrogens with zero attached hydrogens (tertiary/aromatic N) is 2. The summed E-state index contributed by atoms with van der Waals surface area (Å²) in [5, 5.41) is 0. The Morgan fingerprint density at radius 3 is 2.45 bits per heavy atom. The predicted molar refractivity (Wildman–Crippen MR) is 82.9 cm³/mol. The van der Waals surface area contributed by atoms with E-state index in [1.807, 2.05) is 26.0 Å². The Kier molecular flexibility index (Phi) is 3.99. The maximum atomic E-state index is 12.6. The van der Waals surface area contributed by atoms with E-state index in [2.05, 4.69) is 15.9 Å². The molecule has 0 aliphatic carbocycles. The van der Waals surface area contributed by atoms with Gasteiger partial charge in [-0.1, -0.05) is 15.9 Å². The summed E-state index contributed by atoms with van der Waals surface area (Å²) >= 11 is 3.39. The molecule has 1 aliphatic rings. The zero-order valence-electron chi connectivity index (χ0n) is 12.0. The SMILES string of the molecule is CC(C)N1C(=O)C(=CN(C)C)C(=O)c2ccc(Br)cc21. The van der Waals surface area contributed by atoms with E-state index in [1.165, 1.54) is 0 Å². The van der Waals surface area contributed by atoms with Crippen molar-refractivity contribution in [1.29, 1.82) is 0 Å². The summed E-state index contributed by atoms with van der Waals surface area (Å²) in [6.45, 7) is 3.87. The van der Waals surface area contributed by atoms with E-state index < -0.39 is 0 Å². The molecule has 0 bridgehead atoms. The molecule has 0 atom stereocenters. The molecule has 5 heteroatoms. The lowest BCUT2D eigenvalue weighted by Crippen LogP contribution is -2.44. The second-order valence-electron chi connectivity index (χ2n) is 5.27. The Morgan fingerprint density at radius 1 is 1.25 bits per heavy atom. The fourth-order valence-electron chi connectivity index (χ4n) is 2.26. The molecule has 20 heavy (non-hydrogen) atoms. The van der Waals surface area contributed by atoms with Crippen molar-refractivity contribution in [2.24, 2.45) is 0 Å². The highest BCUT2D eigenvalue weighted by molar-refractivity contribution is 9.10. The molecule has 4 nitrogen and oxygen atoms in total. The Morgan fingerprint density at radius 2 is 1.90 bits per heavy atom. The lowest BCUT2D eigenvalue weighted by atomic mass is 9.94. The van der Waals surface area contributed by atoms with E-state index in [4.69, 9.17) is 0 Å². The molecule has 0 saturated heterocycles. The van der Waals surface area contributed by atoms with Gasteiger partial charge in [-0.15, -0.1) is 0 Å². The molecule has 1 aromatic carbocycles. The summed E-state index contributed by atoms with van der Waals surface area (Å²) < 4.78 is 0.850. The molecule has 1 aromatic rings. The maximum absolute atomic E-state index is 12.6. The predicted octanol–water partition coefficient (Wildman–Crippen LogP) is 2.83. The van der Waals surface area contributed by atoms with Gasteiger partial charge >= 0.3 is 0 Å². The summed E-state index contributed by atoms with van der Waals surface area (Å²) in [6, 6.07) is 5.37. The molecule has 1 heterocycles. The Labute approximate surface area is 127 Å². The first-order chi connectivity index (χ1) is 9.32. The van der Waals surface area contributed by atoms with Gasteiger partial charge in [0, 0.05) is 36.4 Å². The quantitative estimate of drug-likeness (QED) is 0.616. The normalized spacial score (nSPS) is 16.9. The van der Waals surface area contributed by atoms with Gasteiger partial charge in [-0.2, -0.15) is 0 Å². The van der Waals surface area contributed by atoms with Crippen LogP contribution in [0.2, 0.25) is 0 Å². The number of fused-ring (bicyclic) bond motifs is 1. The number of halogens is 1. The van der Waals surface area contributed by atoms with Crippen molar-refractivity contribution in [3.05, 3.63) is 40.0 Å². The molecular weight excluding hydrogens is 320 g/mol. The first-order valence-electron chi connectivity index (χ1n) is 6.39. The van der Waals surface area contributed by atoms with E-state index in [1.54, 1.807) is 36.2 Å². The van der Waals surface area contributed by atoms with Gasteiger partial charge in [0.1, 0.15) is 5.57 Å². The van der Waals surface area contributed by atoms with Crippen molar-refractivity contribution < 1.29 is 9.59 Å². The third-order valence-electron chi connectivity index (χ3n) is 3.06. The molecule has 1 amide bonds. The highest BCUT2D eigenvalue weighted by Crippen LogP contribution is 2.34. The fourth-order valence-corrected chi connectivity index (χ4v) is 2.61. The zero-order chi connectivity index (χ0) is 15.0. The zero-order valence-corrected chi connectivity index (χ0v) is 13.6. The number of anilines is 1. The number of rotatable bonds is 2. The van der Waals surface area contributed by atoms with E-state index in [0.29, 0.717) is 11.3 Å². The molecule has 0 fully saturated rings. The third-order valence-corrected chi connectivity index (χ3v) is 3.55. The van der Waals surface area contributed by atoms with Crippen molar-refractivity contribution >= 4 is 33.3 Å². The molecule has 0 spiro atoms. The van der Waals surface area contributed by atoms with Crippen molar-refractivity contribution in [2.75, 3.05) is 19.0 Å². The van der Waals surface area contributed by atoms with Crippen LogP contribution in [0.25, 0.3) is 0 Å². The lowest BCUT2D eigenvalue weighted by molar-refractivity contribution is -0.115. The summed E-state index contributed by atoms with van der Waals surface area (Å²) in [6.07, 6.45) is 1.59. The van der Waals surface area contributed by atoms with Crippen LogP contribution in [-0.2, 0) is 4.79 Å². The van der Waals surface area contributed by atoms with Crippen molar-refractivity contribution in [1.82, 2.24) is 4.90 Å². The molecule has 0 saturated carbocycles. The minimum absolute atomic E-state index is 0.0192. The van der Waals surface area contributed by atoms with Gasteiger partial charge in [-0.3, -0.25) is 9.59 Å². The number of carbonyl (C=O) groups is 2. The van der Waals surface area contributed by atoms with Crippen LogP contribution in [0.15, 0.2) is 34.4 Å². The topological polar surface area (TPSA) is 40.6 Å². The average Bonchev–Trinajstić information content (AvgIpc) is 2.33. The third kappa shape index (κ3) is 2.50. The van der Waals surface area contributed by atoms with Crippen LogP contribution < -0.4 is 4.90 Å². The van der Waals surface area contributed by atoms with E-state index in [9.17, 15) is 9.59 Å². The molecule has 2 rings (SSSR count). The Hall–Kier alpha value is -1.62. The largest absolute Gasteiger partial charge is 0.383 e. The van der Waals surface area contributed by atoms with Crippen molar-refractivity contribution in [2.45, 2.75) is 19.9 Å². The smallest absolute Gasteiger partial charge is 0.264 e. The Bertz CT molecular complexity index is 606. The van der Waals surface area contributed by atoms with Gasteiger partial charge in [0.25, 0.3) is 5.91 Å². The van der Waals surface area contributed by atoms with E-state index in [0.717, 1.165) is 4.47 Å². The summed E-state index contributed by atoms with van der Waals surface area (Å²) in [5.41, 5.74) is 1.44. The lowest BCUT2D eigenvalue weighted by Gasteiger charge is -2.33. The first kappa shape index (κ1) is 14.8. The standard InChI is InChI=1S/C15H17BrN2O2/c1-9(2)18-13-7-10(16)5-6-11(13)14(19)12(15(18)20)8-17(3)4/h5-9H,1-4H3. The number of hydrogen-bond donors (Lipinski definition) is 0. The van der Waals surface area contributed by atoms with Gasteiger partial charge in [-0.25, -0.2) is 0 Å². The van der Waals surface area contributed by atoms with Crippen LogP contribution in [0.3, 0.4) is 0 Å². The molecule has 0 radical (unpaired) electrons. The van der Waals surface area contributed by atoms with Crippen molar-refractivity contribution in [3.8, 4) is 0 Å². The first-order valence-corrected chi connectivity index (χ1v) is 7.18. The van der Waals surface area contributed by atoms with E-state index >= 15 is 0 Å². The number of benzene rings is 1. The molecule has 0 unspecified atom stereocenters. The number of ketones is 1. The van der Waals surface area contributed by atoms with Gasteiger partial charge in [0.05, 0.1) is 5.69 Å². The number of carbonyl (C=O) groups excluding carboxylic acids is 2. The highest BCUT2D eigenvalue weighted by Gasteiger charge is 2.36. The fraction of sp³-hybridized carbons (Fsp3) is 0.333. The van der Waals surface area contributed by atoms with E-state index in [-0.39, 0.29) is 23.3 Å². The summed E-state index contributed by atoms with van der Waals surface area (Å²) in [7, 11) is 3.59. The van der Waals surface area contributed by atoms with Crippen molar-refractivity contribution in [3.63, 3.8) is 0 Å². The van der Waals surface area contributed by atoms with Crippen LogP contribution >= 0.6 is 15.9 Å². The van der Waals surface area contributed by atoms with Crippen LogP contribution in [0.4, 0.5) is 5.69 Å². The average molecular weight is 337 g/mol. The molecule has 0 N–H and O–H groups in total. The second-order valence-corrected chi connectivity index (χ2v) is 6.18. The number of Topliss-reactive ketones (excluding diaryl/α,β-unsaturated/α-hetero) is 1. The minimum Gasteiger partial charge on any atom is -0.383 e. The number of amides is 1. The summed E-state index contributed by atoms with van der Waals surface area (Å²) in [5.74, 6) is -0.465. The maximum Gasteiger partial charge on any atom is 0.264 e. The van der Waals surface area contributed by atoms with Gasteiger partial charge in [0.15, 0.2) is 0 Å². The summed E-state index contributed by atoms with van der Waals surface area (Å²) in [4.78, 5) is 28.4. The molecule has 0 aromatic heterocycles. The monoisotopic (exact) mass is 336 g/mol. The van der Waals surface area contributed by atoms with Gasteiger partial charge in [0.2, 0.25) is 5.78 Å². The number of hydrogen-bond acceptors (Lipinski definition) is 3. The molecular formula is C15H17BrN2O2. The van der Waals surface area contributed by atoms with Crippen LogP contribution in [0, 0.1) is 0 Å². The Balaban J connectivity index is 2.67. The van der Waals surface area contributed by atoms with Crippen LogP contribution in [0.5, 0.6) is 0 Å².